The van der Waals surface area contributed by atoms with Gasteiger partial charge in [-0.25, -0.2) is 9.50 Å². The number of fused-ring (bicyclic) bond motifs is 6. The van der Waals surface area contributed by atoms with Crippen LogP contribution in [0.25, 0.3) is 50.4 Å². The molecule has 3 heterocycles. The van der Waals surface area contributed by atoms with E-state index >= 15 is 0 Å². The summed E-state index contributed by atoms with van der Waals surface area (Å²) in [6, 6.07) is 37.1. The Balaban J connectivity index is 1.16. The Morgan fingerprint density at radius 2 is 1.23 bits per heavy atom. The average molecular weight is 630 g/mol. The summed E-state index contributed by atoms with van der Waals surface area (Å²) in [6.07, 6.45) is 8.11. The molecule has 5 nitrogen and oxygen atoms in total. The standard InChI is InChI=1S/C42H40BN3O2/c1-40(2)41(3,4)48-43(47-40)32-19-21-34-33-20-18-30(25-36(33)42(37(34)26-32)22-12-7-13-23-42)38-44-39-35(29-16-10-6-11-17-29)24-31(27-46(39)45-38)28-14-8-5-9-15-28/h5-6,8-11,14-21,24-27H,7,12-13,22-23H2,1-4H3. The van der Waals surface area contributed by atoms with Crippen LogP contribution in [-0.4, -0.2) is 32.9 Å². The Labute approximate surface area is 283 Å². The zero-order chi connectivity index (χ0) is 32.7. The topological polar surface area (TPSA) is 48.7 Å². The molecule has 1 aliphatic heterocycles. The Morgan fingerprint density at radius 1 is 0.604 bits per heavy atom. The number of aromatic nitrogens is 3. The van der Waals surface area contributed by atoms with Crippen LogP contribution in [0.1, 0.15) is 70.9 Å². The van der Waals surface area contributed by atoms with Crippen LogP contribution in [0.2, 0.25) is 0 Å². The lowest BCUT2D eigenvalue weighted by molar-refractivity contribution is 0.00578. The summed E-state index contributed by atoms with van der Waals surface area (Å²) in [5.74, 6) is 0.750. The molecule has 1 spiro atoms. The zero-order valence-corrected chi connectivity index (χ0v) is 28.2. The second-order valence-electron chi connectivity index (χ2n) is 14.9. The van der Waals surface area contributed by atoms with Crippen LogP contribution >= 0.6 is 0 Å². The summed E-state index contributed by atoms with van der Waals surface area (Å²) in [4.78, 5) is 5.21. The molecule has 2 aliphatic carbocycles. The van der Waals surface area contributed by atoms with Crippen molar-refractivity contribution in [2.24, 2.45) is 0 Å². The lowest BCUT2D eigenvalue weighted by Gasteiger charge is -2.36. The molecule has 238 valence electrons. The van der Waals surface area contributed by atoms with Gasteiger partial charge in [-0.05, 0) is 91.5 Å². The largest absolute Gasteiger partial charge is 0.494 e. The lowest BCUT2D eigenvalue weighted by Crippen LogP contribution is -2.41. The summed E-state index contributed by atoms with van der Waals surface area (Å²) >= 11 is 0. The van der Waals surface area contributed by atoms with Crippen LogP contribution in [0.15, 0.2) is 109 Å². The van der Waals surface area contributed by atoms with Crippen LogP contribution in [-0.2, 0) is 14.7 Å². The van der Waals surface area contributed by atoms with Crippen molar-refractivity contribution in [3.05, 3.63) is 120 Å². The minimum absolute atomic E-state index is 0.0343. The van der Waals surface area contributed by atoms with Crippen molar-refractivity contribution < 1.29 is 9.31 Å². The molecule has 0 amide bonds. The predicted molar refractivity (Wildman–Crippen MR) is 194 cm³/mol. The molecule has 48 heavy (non-hydrogen) atoms. The first-order valence-electron chi connectivity index (χ1n) is 17.4. The molecule has 2 fully saturated rings. The van der Waals surface area contributed by atoms with Crippen molar-refractivity contribution in [1.29, 1.82) is 0 Å². The van der Waals surface area contributed by atoms with Gasteiger partial charge in [0, 0.05) is 28.3 Å². The van der Waals surface area contributed by atoms with Gasteiger partial charge in [-0.15, -0.1) is 5.10 Å². The van der Waals surface area contributed by atoms with Crippen molar-refractivity contribution in [2.45, 2.75) is 76.4 Å². The van der Waals surface area contributed by atoms with Gasteiger partial charge in [-0.3, -0.25) is 0 Å². The fourth-order valence-corrected chi connectivity index (χ4v) is 8.20. The summed E-state index contributed by atoms with van der Waals surface area (Å²) in [5.41, 5.74) is 12.2. The molecule has 0 radical (unpaired) electrons. The van der Waals surface area contributed by atoms with Gasteiger partial charge in [0.1, 0.15) is 0 Å². The fourth-order valence-electron chi connectivity index (χ4n) is 8.20. The van der Waals surface area contributed by atoms with Crippen molar-refractivity contribution in [3.8, 4) is 44.8 Å². The van der Waals surface area contributed by atoms with E-state index in [9.17, 15) is 0 Å². The molecule has 6 heteroatoms. The van der Waals surface area contributed by atoms with Crippen LogP contribution < -0.4 is 5.46 Å². The zero-order valence-electron chi connectivity index (χ0n) is 28.2. The smallest absolute Gasteiger partial charge is 0.399 e. The normalized spacial score (nSPS) is 18.7. The Morgan fingerprint density at radius 3 is 1.92 bits per heavy atom. The van der Waals surface area contributed by atoms with E-state index in [2.05, 4.69) is 137 Å². The molecule has 3 aliphatic rings. The third-order valence-electron chi connectivity index (χ3n) is 11.5. The second kappa shape index (κ2) is 10.7. The fraction of sp³-hybridized carbons (Fsp3) is 0.286. The molecule has 9 rings (SSSR count). The Kier molecular flexibility index (Phi) is 6.63. The number of nitrogens with zero attached hydrogens (tertiary/aromatic N) is 3. The lowest BCUT2D eigenvalue weighted by atomic mass is 9.66. The molecule has 2 aromatic heterocycles. The maximum Gasteiger partial charge on any atom is 0.494 e. The van der Waals surface area contributed by atoms with Crippen LogP contribution in [0, 0.1) is 0 Å². The van der Waals surface area contributed by atoms with E-state index in [1.165, 1.54) is 41.5 Å². The highest BCUT2D eigenvalue weighted by molar-refractivity contribution is 6.62. The van der Waals surface area contributed by atoms with E-state index in [0.717, 1.165) is 57.6 Å². The van der Waals surface area contributed by atoms with Crippen LogP contribution in [0.4, 0.5) is 0 Å². The Hall–Kier alpha value is -4.52. The molecule has 6 aromatic rings. The van der Waals surface area contributed by atoms with Gasteiger partial charge < -0.3 is 9.31 Å². The highest BCUT2D eigenvalue weighted by Gasteiger charge is 2.52. The molecule has 0 N–H and O–H groups in total. The van der Waals surface area contributed by atoms with Crippen molar-refractivity contribution in [1.82, 2.24) is 14.6 Å². The van der Waals surface area contributed by atoms with Crippen molar-refractivity contribution in [3.63, 3.8) is 0 Å². The van der Waals surface area contributed by atoms with E-state index in [0.29, 0.717) is 0 Å². The maximum atomic E-state index is 6.51. The van der Waals surface area contributed by atoms with Crippen molar-refractivity contribution >= 4 is 18.2 Å². The molecular weight excluding hydrogens is 589 g/mol. The van der Waals surface area contributed by atoms with Crippen LogP contribution in [0.3, 0.4) is 0 Å². The SMILES string of the molecule is CC1(C)OB(c2ccc3c(c2)C2(CCCCC2)c2cc(-c4nc5c(-c6ccccc6)cc(-c6ccccc6)cn5n4)ccc2-3)OC1(C)C. The van der Waals surface area contributed by atoms with E-state index in [1.807, 2.05) is 4.52 Å². The van der Waals surface area contributed by atoms with Gasteiger partial charge in [0.2, 0.25) is 0 Å². The van der Waals surface area contributed by atoms with Crippen molar-refractivity contribution in [2.75, 3.05) is 0 Å². The Bertz CT molecular complexity index is 2170. The molecule has 0 atom stereocenters. The summed E-state index contributed by atoms with van der Waals surface area (Å²) in [6.45, 7) is 8.50. The predicted octanol–water partition coefficient (Wildman–Crippen LogP) is 9.26. The third-order valence-corrected chi connectivity index (χ3v) is 11.5. The van der Waals surface area contributed by atoms with E-state index in [1.54, 1.807) is 0 Å². The maximum absolute atomic E-state index is 6.51. The third kappa shape index (κ3) is 4.53. The first-order valence-corrected chi connectivity index (χ1v) is 17.4. The van der Waals surface area contributed by atoms with E-state index in [-0.39, 0.29) is 23.7 Å². The minimum Gasteiger partial charge on any atom is -0.399 e. The second-order valence-corrected chi connectivity index (χ2v) is 14.9. The molecule has 0 bridgehead atoms. The summed E-state index contributed by atoms with van der Waals surface area (Å²) < 4.78 is 15.0. The minimum atomic E-state index is -0.375. The first-order chi connectivity index (χ1) is 23.2. The summed E-state index contributed by atoms with van der Waals surface area (Å²) in [7, 11) is -0.373. The van der Waals surface area contributed by atoms with Gasteiger partial charge >= 0.3 is 7.12 Å². The average Bonchev–Trinajstić information content (AvgIpc) is 3.73. The highest BCUT2D eigenvalue weighted by Crippen LogP contribution is 2.56. The number of hydrogen-bond donors (Lipinski definition) is 0. The number of pyridine rings is 1. The van der Waals surface area contributed by atoms with Gasteiger partial charge in [-0.2, -0.15) is 0 Å². The monoisotopic (exact) mass is 629 g/mol. The van der Waals surface area contributed by atoms with E-state index < -0.39 is 0 Å². The van der Waals surface area contributed by atoms with Gasteiger partial charge in [0.25, 0.3) is 0 Å². The molecule has 4 aromatic carbocycles. The molecule has 1 saturated carbocycles. The number of benzene rings is 4. The molecule has 1 saturated heterocycles. The van der Waals surface area contributed by atoms with E-state index in [4.69, 9.17) is 19.4 Å². The quantitative estimate of drug-likeness (QED) is 0.183. The number of hydrogen-bond acceptors (Lipinski definition) is 4. The van der Waals surface area contributed by atoms with Gasteiger partial charge in [0.15, 0.2) is 11.5 Å². The molecular formula is C42H40BN3O2. The highest BCUT2D eigenvalue weighted by atomic mass is 16.7. The summed E-state index contributed by atoms with van der Waals surface area (Å²) in [5, 5.41) is 5.13. The van der Waals surface area contributed by atoms with Crippen LogP contribution in [0.5, 0.6) is 0 Å². The van der Waals surface area contributed by atoms with Gasteiger partial charge in [-0.1, -0.05) is 110 Å². The first kappa shape index (κ1) is 29.6. The van der Waals surface area contributed by atoms with Gasteiger partial charge in [0.05, 0.1) is 11.2 Å². The molecule has 0 unspecified atom stereocenters. The number of rotatable bonds is 4.